The molecule has 2 saturated heterocycles. The fourth-order valence-corrected chi connectivity index (χ4v) is 5.81. The number of carbonyl (C=O) groups is 1. The minimum absolute atomic E-state index is 0.0565. The Labute approximate surface area is 185 Å². The van der Waals surface area contributed by atoms with Crippen molar-refractivity contribution in [3.8, 4) is 0 Å². The Balaban J connectivity index is 1.28. The molecular formula is C23H29ClN2O3S. The summed E-state index contributed by atoms with van der Waals surface area (Å²) < 4.78 is 18.2. The van der Waals surface area contributed by atoms with Gasteiger partial charge in [-0.15, -0.1) is 0 Å². The summed E-state index contributed by atoms with van der Waals surface area (Å²) in [6.07, 6.45) is 6.00. The second kappa shape index (κ2) is 10.1. The molecule has 162 valence electrons. The number of likely N-dealkylation sites (tertiary alicyclic amines) is 2. The molecule has 7 heteroatoms. The Hall–Kier alpha value is -1.63. The molecule has 4 rings (SSSR count). The Kier molecular flexibility index (Phi) is 7.28. The van der Waals surface area contributed by atoms with Crippen LogP contribution in [0.3, 0.4) is 0 Å². The number of hydrogen-bond donors (Lipinski definition) is 0. The van der Waals surface area contributed by atoms with E-state index < -0.39 is 10.8 Å². The molecule has 2 aromatic rings. The first kappa shape index (κ1) is 21.6. The first-order valence-electron chi connectivity index (χ1n) is 10.8. The van der Waals surface area contributed by atoms with Gasteiger partial charge in [-0.2, -0.15) is 0 Å². The highest BCUT2D eigenvalue weighted by molar-refractivity contribution is 7.83. The highest BCUT2D eigenvalue weighted by Gasteiger charge is 2.29. The lowest BCUT2D eigenvalue weighted by Gasteiger charge is -2.40. The van der Waals surface area contributed by atoms with Crippen molar-refractivity contribution in [2.24, 2.45) is 0 Å². The van der Waals surface area contributed by atoms with E-state index in [1.807, 2.05) is 23.1 Å². The molecular weight excluding hydrogens is 420 g/mol. The van der Waals surface area contributed by atoms with Crippen LogP contribution in [0, 0.1) is 0 Å². The van der Waals surface area contributed by atoms with Gasteiger partial charge in [-0.1, -0.05) is 30.2 Å². The van der Waals surface area contributed by atoms with Crippen molar-refractivity contribution >= 4 is 28.3 Å². The van der Waals surface area contributed by atoms with Crippen molar-refractivity contribution in [1.82, 2.24) is 9.80 Å². The number of benzene rings is 1. The lowest BCUT2D eigenvalue weighted by Crippen LogP contribution is -2.48. The maximum absolute atomic E-state index is 12.8. The predicted octanol–water partition coefficient (Wildman–Crippen LogP) is 4.47. The highest BCUT2D eigenvalue weighted by atomic mass is 35.5. The van der Waals surface area contributed by atoms with Crippen molar-refractivity contribution in [3.63, 3.8) is 0 Å². The van der Waals surface area contributed by atoms with Crippen molar-refractivity contribution in [2.45, 2.75) is 49.7 Å². The van der Waals surface area contributed by atoms with Gasteiger partial charge >= 0.3 is 0 Å². The molecule has 1 unspecified atom stereocenters. The standard InChI is InChI=1S/C23H29ClN2O3S/c24-19-6-4-5-18(15-19)16-30(28)17-21-7-8-22(29-21)23(27)26-13-9-20(10-14-26)25-11-2-1-3-12-25/h4-8,15,20H,1-3,9-14,16-17H2. The summed E-state index contributed by atoms with van der Waals surface area (Å²) in [6.45, 7) is 3.95. The van der Waals surface area contributed by atoms with Crippen molar-refractivity contribution in [1.29, 1.82) is 0 Å². The molecule has 2 aliphatic rings. The molecule has 0 aliphatic carbocycles. The summed E-state index contributed by atoms with van der Waals surface area (Å²) in [7, 11) is -1.13. The molecule has 0 radical (unpaired) electrons. The van der Waals surface area contributed by atoms with Gasteiger partial charge in [0.1, 0.15) is 5.76 Å². The zero-order valence-electron chi connectivity index (χ0n) is 17.2. The van der Waals surface area contributed by atoms with Crippen LogP contribution in [-0.4, -0.2) is 52.1 Å². The average molecular weight is 449 g/mol. The summed E-state index contributed by atoms with van der Waals surface area (Å²) in [5.74, 6) is 1.58. The van der Waals surface area contributed by atoms with E-state index in [0.717, 1.165) is 31.5 Å². The Bertz CT molecular complexity index is 886. The number of hydrogen-bond acceptors (Lipinski definition) is 4. The fourth-order valence-electron chi connectivity index (χ4n) is 4.47. The molecule has 2 aliphatic heterocycles. The molecule has 1 amide bonds. The molecule has 2 fully saturated rings. The van der Waals surface area contributed by atoms with Gasteiger partial charge in [-0.25, -0.2) is 0 Å². The predicted molar refractivity (Wildman–Crippen MR) is 120 cm³/mol. The van der Waals surface area contributed by atoms with E-state index in [9.17, 15) is 9.00 Å². The quantitative estimate of drug-likeness (QED) is 0.654. The second-order valence-corrected chi connectivity index (χ2v) is 10.1. The first-order chi connectivity index (χ1) is 14.6. The topological polar surface area (TPSA) is 53.8 Å². The Morgan fingerprint density at radius 3 is 2.53 bits per heavy atom. The molecule has 0 N–H and O–H groups in total. The zero-order chi connectivity index (χ0) is 20.9. The number of carbonyl (C=O) groups excluding carboxylic acids is 1. The normalized spacial score (nSPS) is 19.7. The number of amides is 1. The monoisotopic (exact) mass is 448 g/mol. The van der Waals surface area contributed by atoms with Crippen LogP contribution in [0.15, 0.2) is 40.8 Å². The maximum Gasteiger partial charge on any atom is 0.289 e. The van der Waals surface area contributed by atoms with E-state index in [-0.39, 0.29) is 11.7 Å². The van der Waals surface area contributed by atoms with Crippen LogP contribution in [0.5, 0.6) is 0 Å². The number of furan rings is 1. The van der Waals surface area contributed by atoms with Crippen molar-refractivity contribution in [3.05, 3.63) is 58.5 Å². The van der Waals surface area contributed by atoms with Gasteiger partial charge in [0, 0.05) is 40.7 Å². The highest BCUT2D eigenvalue weighted by Crippen LogP contribution is 2.23. The number of rotatable bonds is 6. The van der Waals surface area contributed by atoms with Gasteiger partial charge in [-0.3, -0.25) is 9.00 Å². The molecule has 1 aromatic carbocycles. The lowest BCUT2D eigenvalue weighted by molar-refractivity contribution is 0.0561. The van der Waals surface area contributed by atoms with Gasteiger partial charge in [-0.05, 0) is 68.6 Å². The summed E-state index contributed by atoms with van der Waals surface area (Å²) >= 11 is 5.99. The average Bonchev–Trinajstić information content (AvgIpc) is 3.22. The van der Waals surface area contributed by atoms with E-state index in [4.69, 9.17) is 16.0 Å². The molecule has 3 heterocycles. The van der Waals surface area contributed by atoms with E-state index in [2.05, 4.69) is 4.90 Å². The molecule has 5 nitrogen and oxygen atoms in total. The summed E-state index contributed by atoms with van der Waals surface area (Å²) in [4.78, 5) is 17.3. The molecule has 1 atom stereocenters. The maximum atomic E-state index is 12.8. The van der Waals surface area contributed by atoms with Crippen LogP contribution in [-0.2, 0) is 22.3 Å². The van der Waals surface area contributed by atoms with Crippen molar-refractivity contribution in [2.75, 3.05) is 26.2 Å². The molecule has 1 aromatic heterocycles. The van der Waals surface area contributed by atoms with Gasteiger partial charge in [0.2, 0.25) is 0 Å². The number of piperidine rings is 2. The third-order valence-electron chi connectivity index (χ3n) is 6.05. The smallest absolute Gasteiger partial charge is 0.289 e. The Morgan fingerprint density at radius 1 is 1.03 bits per heavy atom. The fraction of sp³-hybridized carbons (Fsp3) is 0.522. The zero-order valence-corrected chi connectivity index (χ0v) is 18.8. The Morgan fingerprint density at radius 2 is 1.80 bits per heavy atom. The van der Waals surface area contributed by atoms with Crippen LogP contribution < -0.4 is 0 Å². The minimum atomic E-state index is -1.13. The minimum Gasteiger partial charge on any atom is -0.455 e. The largest absolute Gasteiger partial charge is 0.455 e. The number of nitrogens with zero attached hydrogens (tertiary/aromatic N) is 2. The van der Waals surface area contributed by atoms with Gasteiger partial charge in [0.25, 0.3) is 5.91 Å². The second-order valence-electron chi connectivity index (χ2n) is 8.24. The van der Waals surface area contributed by atoms with Gasteiger partial charge in [0.05, 0.1) is 5.75 Å². The van der Waals surface area contributed by atoms with E-state index in [0.29, 0.717) is 28.3 Å². The van der Waals surface area contributed by atoms with E-state index in [1.54, 1.807) is 18.2 Å². The van der Waals surface area contributed by atoms with Crippen LogP contribution >= 0.6 is 11.6 Å². The van der Waals surface area contributed by atoms with Gasteiger partial charge in [0.15, 0.2) is 5.76 Å². The van der Waals surface area contributed by atoms with Gasteiger partial charge < -0.3 is 14.2 Å². The first-order valence-corrected chi connectivity index (χ1v) is 12.7. The van der Waals surface area contributed by atoms with Crippen LogP contribution in [0.1, 0.15) is 54.0 Å². The van der Waals surface area contributed by atoms with E-state index >= 15 is 0 Å². The summed E-state index contributed by atoms with van der Waals surface area (Å²) in [6, 6.07) is 11.5. The van der Waals surface area contributed by atoms with Crippen LogP contribution in [0.2, 0.25) is 5.02 Å². The summed E-state index contributed by atoms with van der Waals surface area (Å²) in [5, 5.41) is 0.638. The van der Waals surface area contributed by atoms with Crippen molar-refractivity contribution < 1.29 is 13.4 Å². The van der Waals surface area contributed by atoms with Crippen LogP contribution in [0.25, 0.3) is 0 Å². The molecule has 0 saturated carbocycles. The summed E-state index contributed by atoms with van der Waals surface area (Å²) in [5.41, 5.74) is 0.931. The molecule has 0 bridgehead atoms. The molecule has 0 spiro atoms. The molecule has 30 heavy (non-hydrogen) atoms. The number of halogens is 1. The third kappa shape index (κ3) is 5.54. The third-order valence-corrected chi connectivity index (χ3v) is 7.55. The SMILES string of the molecule is O=C(c1ccc(CS(=O)Cc2cccc(Cl)c2)o1)N1CCC(N2CCCCC2)CC1. The van der Waals surface area contributed by atoms with E-state index in [1.165, 1.54) is 32.4 Å². The lowest BCUT2D eigenvalue weighted by atomic mass is 10.00. The van der Waals surface area contributed by atoms with Crippen LogP contribution in [0.4, 0.5) is 0 Å².